The van der Waals surface area contributed by atoms with Gasteiger partial charge in [-0.05, 0) is 50.2 Å². The molecule has 0 aliphatic rings. The first-order chi connectivity index (χ1) is 16.8. The first kappa shape index (κ1) is 24.8. The molecule has 9 nitrogen and oxygen atoms in total. The molecule has 0 saturated heterocycles. The third-order valence-corrected chi connectivity index (χ3v) is 7.06. The van der Waals surface area contributed by atoms with Crippen LogP contribution in [0, 0.1) is 6.92 Å². The Morgan fingerprint density at radius 2 is 1.80 bits per heavy atom. The molecule has 1 unspecified atom stereocenters. The molecule has 35 heavy (non-hydrogen) atoms. The molecule has 0 bridgehead atoms. The van der Waals surface area contributed by atoms with E-state index < -0.39 is 0 Å². The number of hydrogen-bond acceptors (Lipinski definition) is 6. The summed E-state index contributed by atoms with van der Waals surface area (Å²) < 4.78 is 12.0. The summed E-state index contributed by atoms with van der Waals surface area (Å²) in [5.41, 5.74) is 1.37. The molecule has 2 aromatic heterocycles. The van der Waals surface area contributed by atoms with Crippen LogP contribution >= 0.6 is 27.7 Å². The number of para-hydroxylation sites is 1. The Morgan fingerprint density at radius 3 is 2.49 bits per heavy atom. The van der Waals surface area contributed by atoms with E-state index in [0.717, 1.165) is 15.9 Å². The Labute approximate surface area is 215 Å². The number of benzene rings is 2. The molecular formula is C24H25BrN6O3S. The average molecular weight is 557 g/mol. The van der Waals surface area contributed by atoms with Gasteiger partial charge in [-0.15, -0.1) is 10.2 Å². The van der Waals surface area contributed by atoms with Gasteiger partial charge in [-0.25, -0.2) is 4.68 Å². The molecular weight excluding hydrogens is 532 g/mol. The topological polar surface area (TPSA) is 96.0 Å². The zero-order chi connectivity index (χ0) is 25.1. The number of thioether (sulfide) groups is 1. The Balaban J connectivity index is 1.41. The second kappa shape index (κ2) is 10.5. The molecule has 0 aliphatic carbocycles. The van der Waals surface area contributed by atoms with Crippen LogP contribution in [-0.2, 0) is 18.9 Å². The predicted molar refractivity (Wildman–Crippen MR) is 139 cm³/mol. The molecule has 1 N–H and O–H groups in total. The van der Waals surface area contributed by atoms with E-state index in [9.17, 15) is 9.59 Å². The van der Waals surface area contributed by atoms with Crippen molar-refractivity contribution in [2.75, 3.05) is 11.1 Å². The minimum absolute atomic E-state index is 0.0764. The zero-order valence-electron chi connectivity index (χ0n) is 19.7. The molecule has 2 aromatic carbocycles. The molecule has 11 heteroatoms. The fourth-order valence-corrected chi connectivity index (χ4v) is 4.58. The maximum absolute atomic E-state index is 13.0. The van der Waals surface area contributed by atoms with Crippen LogP contribution in [0.5, 0.6) is 5.75 Å². The van der Waals surface area contributed by atoms with Crippen LogP contribution in [0.4, 0.5) is 5.69 Å². The number of carbonyl (C=O) groups is 1. The Kier molecular flexibility index (Phi) is 7.46. The largest absolute Gasteiger partial charge is 0.483 e. The Morgan fingerprint density at radius 1 is 1.11 bits per heavy atom. The monoisotopic (exact) mass is 556 g/mol. The van der Waals surface area contributed by atoms with Crippen molar-refractivity contribution in [3.05, 3.63) is 80.9 Å². The highest BCUT2D eigenvalue weighted by Gasteiger charge is 2.20. The number of rotatable bonds is 8. The van der Waals surface area contributed by atoms with E-state index in [1.165, 1.54) is 16.4 Å². The number of anilines is 1. The van der Waals surface area contributed by atoms with Gasteiger partial charge in [0.2, 0.25) is 5.91 Å². The van der Waals surface area contributed by atoms with Crippen molar-refractivity contribution < 1.29 is 9.53 Å². The maximum atomic E-state index is 13.0. The van der Waals surface area contributed by atoms with Crippen molar-refractivity contribution in [1.82, 2.24) is 24.1 Å². The molecule has 0 aliphatic heterocycles. The van der Waals surface area contributed by atoms with E-state index in [1.54, 1.807) is 23.2 Å². The number of halogens is 1. The number of hydrogen-bond donors (Lipinski definition) is 1. The number of aromatic nitrogens is 5. The second-order valence-corrected chi connectivity index (χ2v) is 9.75. The van der Waals surface area contributed by atoms with E-state index >= 15 is 0 Å². The Hall–Kier alpha value is -3.31. The quantitative estimate of drug-likeness (QED) is 0.326. The predicted octanol–water partition coefficient (Wildman–Crippen LogP) is 4.25. The average Bonchev–Trinajstić information content (AvgIpc) is 3.31. The van der Waals surface area contributed by atoms with Crippen LogP contribution in [0.3, 0.4) is 0 Å². The summed E-state index contributed by atoms with van der Waals surface area (Å²) in [5, 5.41) is 11.8. The van der Waals surface area contributed by atoms with Gasteiger partial charge in [0.15, 0.2) is 17.1 Å². The molecule has 0 radical (unpaired) electrons. The van der Waals surface area contributed by atoms with Crippen molar-refractivity contribution in [1.29, 1.82) is 0 Å². The number of nitrogens with one attached hydrogen (secondary N) is 1. The van der Waals surface area contributed by atoms with Gasteiger partial charge < -0.3 is 14.6 Å². The van der Waals surface area contributed by atoms with Crippen LogP contribution in [-0.4, -0.2) is 35.8 Å². The van der Waals surface area contributed by atoms with Crippen LogP contribution in [0.1, 0.15) is 24.5 Å². The molecule has 1 atom stereocenters. The van der Waals surface area contributed by atoms with Crippen LogP contribution in [0.2, 0.25) is 0 Å². The summed E-state index contributed by atoms with van der Waals surface area (Å²) in [6.45, 7) is 3.69. The molecule has 0 fully saturated rings. The molecule has 4 rings (SSSR count). The van der Waals surface area contributed by atoms with Crippen LogP contribution < -0.4 is 15.6 Å². The lowest BCUT2D eigenvalue weighted by atomic mass is 10.3. The van der Waals surface area contributed by atoms with Crippen molar-refractivity contribution in [2.24, 2.45) is 14.1 Å². The van der Waals surface area contributed by atoms with E-state index in [0.29, 0.717) is 16.7 Å². The highest BCUT2D eigenvalue weighted by Crippen LogP contribution is 2.25. The van der Waals surface area contributed by atoms with E-state index in [-0.39, 0.29) is 29.0 Å². The van der Waals surface area contributed by atoms with Crippen molar-refractivity contribution in [3.63, 3.8) is 0 Å². The number of ether oxygens (including phenoxy) is 1. The summed E-state index contributed by atoms with van der Waals surface area (Å²) in [5.74, 6) is 1.13. The van der Waals surface area contributed by atoms with Crippen molar-refractivity contribution >= 4 is 39.3 Å². The van der Waals surface area contributed by atoms with Gasteiger partial charge in [-0.1, -0.05) is 45.9 Å². The summed E-state index contributed by atoms with van der Waals surface area (Å²) in [4.78, 5) is 25.7. The molecule has 4 aromatic rings. The van der Waals surface area contributed by atoms with Gasteiger partial charge in [0, 0.05) is 18.6 Å². The van der Waals surface area contributed by atoms with Crippen LogP contribution in [0.25, 0.3) is 5.69 Å². The molecule has 1 amide bonds. The first-order valence-electron chi connectivity index (χ1n) is 10.8. The molecule has 0 spiro atoms. The van der Waals surface area contributed by atoms with Gasteiger partial charge >= 0.3 is 0 Å². The van der Waals surface area contributed by atoms with Gasteiger partial charge in [-0.3, -0.25) is 14.3 Å². The molecule has 2 heterocycles. The first-order valence-corrected chi connectivity index (χ1v) is 12.6. The number of amides is 1. The normalized spacial score (nSPS) is 11.9. The van der Waals surface area contributed by atoms with Gasteiger partial charge in [0.25, 0.3) is 5.56 Å². The fourth-order valence-electron chi connectivity index (χ4n) is 3.59. The lowest BCUT2D eigenvalue weighted by Crippen LogP contribution is -2.23. The molecule has 182 valence electrons. The third kappa shape index (κ3) is 5.35. The highest BCUT2D eigenvalue weighted by molar-refractivity contribution is 9.10. The minimum Gasteiger partial charge on any atom is -0.483 e. The standard InChI is InChI=1S/C24H25BrN6O3S/c1-15-21(23(33)31(30(15)4)18-8-6-5-7-9-18)26-20(32)14-35-24-28-27-22(29(24)3)16(2)34-19-12-10-17(25)11-13-19/h5-13,16H,14H2,1-4H3,(H,26,32). The molecule has 0 saturated carbocycles. The van der Waals surface area contributed by atoms with Crippen molar-refractivity contribution in [3.8, 4) is 11.4 Å². The van der Waals surface area contributed by atoms with Gasteiger partial charge in [-0.2, -0.15) is 0 Å². The lowest BCUT2D eigenvalue weighted by molar-refractivity contribution is -0.113. The zero-order valence-corrected chi connectivity index (χ0v) is 22.1. The summed E-state index contributed by atoms with van der Waals surface area (Å²) >= 11 is 4.65. The summed E-state index contributed by atoms with van der Waals surface area (Å²) in [7, 11) is 3.61. The maximum Gasteiger partial charge on any atom is 0.295 e. The smallest absolute Gasteiger partial charge is 0.295 e. The van der Waals surface area contributed by atoms with Gasteiger partial charge in [0.1, 0.15) is 11.4 Å². The summed E-state index contributed by atoms with van der Waals surface area (Å²) in [6, 6.07) is 16.8. The minimum atomic E-state index is -0.333. The number of nitrogens with zero attached hydrogens (tertiary/aromatic N) is 5. The second-order valence-electron chi connectivity index (χ2n) is 7.89. The summed E-state index contributed by atoms with van der Waals surface area (Å²) in [6.07, 6.45) is -0.333. The van der Waals surface area contributed by atoms with E-state index in [2.05, 4.69) is 31.4 Å². The van der Waals surface area contributed by atoms with Gasteiger partial charge in [0.05, 0.1) is 17.1 Å². The number of carbonyl (C=O) groups excluding carboxylic acids is 1. The highest BCUT2D eigenvalue weighted by atomic mass is 79.9. The Bertz CT molecular complexity index is 1400. The lowest BCUT2D eigenvalue weighted by Gasteiger charge is -2.14. The van der Waals surface area contributed by atoms with Crippen LogP contribution in [0.15, 0.2) is 69.0 Å². The van der Waals surface area contributed by atoms with E-state index in [1.807, 2.05) is 68.6 Å². The fraction of sp³-hybridized carbons (Fsp3) is 0.250. The third-order valence-electron chi connectivity index (χ3n) is 5.51. The SMILES string of the molecule is Cc1c(NC(=O)CSc2nnc(C(C)Oc3ccc(Br)cc3)n2C)c(=O)n(-c2ccccc2)n1C. The van der Waals surface area contributed by atoms with E-state index in [4.69, 9.17) is 4.74 Å². The van der Waals surface area contributed by atoms with Crippen molar-refractivity contribution in [2.45, 2.75) is 25.1 Å².